The minimum Gasteiger partial charge on any atom is -0.508 e. The molecule has 0 spiro atoms. The Morgan fingerprint density at radius 1 is 1.12 bits per heavy atom. The van der Waals surface area contributed by atoms with Gasteiger partial charge in [-0.3, -0.25) is 4.79 Å². The zero-order valence-electron chi connectivity index (χ0n) is 20.4. The number of nitrogens with zero attached hydrogens (tertiary/aromatic N) is 1. The standard InChI is InChI=1S/C27H37N3O2.2ClH/c1-19(2)25(29-26(32)24-15-20-7-4-5-8-21(20)17-28-24)18-30-13-11-27(3,12-14-30)22-9-6-10-23(31)16-22;;/h4-10,16,19,24-25,28,31H,11-15,17-18H2,1-3H3,(H,29,32);2*1H. The number of likely N-dealkylation sites (tertiary alicyclic amines) is 1. The van der Waals surface area contributed by atoms with Crippen LogP contribution >= 0.6 is 24.8 Å². The fraction of sp³-hybridized carbons (Fsp3) is 0.519. The Labute approximate surface area is 216 Å². The van der Waals surface area contributed by atoms with Crippen LogP contribution in [-0.4, -0.2) is 47.6 Å². The third kappa shape index (κ3) is 6.66. The second kappa shape index (κ2) is 12.3. The van der Waals surface area contributed by atoms with Crippen LogP contribution in [0.1, 0.15) is 50.3 Å². The van der Waals surface area contributed by atoms with Gasteiger partial charge in [0.05, 0.1) is 6.04 Å². The summed E-state index contributed by atoms with van der Waals surface area (Å²) in [5, 5.41) is 16.6. The molecule has 2 aromatic rings. The van der Waals surface area contributed by atoms with Crippen LogP contribution in [0.3, 0.4) is 0 Å². The number of carbonyl (C=O) groups is 1. The van der Waals surface area contributed by atoms with Gasteiger partial charge in [0.15, 0.2) is 0 Å². The molecule has 3 N–H and O–H groups in total. The van der Waals surface area contributed by atoms with E-state index in [0.717, 1.165) is 45.4 Å². The molecule has 34 heavy (non-hydrogen) atoms. The summed E-state index contributed by atoms with van der Waals surface area (Å²) >= 11 is 0. The number of phenolic OH excluding ortho intramolecular Hbond substituents is 1. The first-order valence-electron chi connectivity index (χ1n) is 12.0. The second-order valence-electron chi connectivity index (χ2n) is 10.2. The quantitative estimate of drug-likeness (QED) is 0.540. The minimum absolute atomic E-state index is 0. The minimum atomic E-state index is -0.165. The van der Waals surface area contributed by atoms with Crippen LogP contribution in [0, 0.1) is 5.92 Å². The molecule has 0 bridgehead atoms. The lowest BCUT2D eigenvalue weighted by Gasteiger charge is -2.41. The number of piperidine rings is 1. The Morgan fingerprint density at radius 3 is 2.44 bits per heavy atom. The van der Waals surface area contributed by atoms with Gasteiger partial charge in [0.25, 0.3) is 0 Å². The Hall–Kier alpha value is -1.79. The van der Waals surface area contributed by atoms with Crippen molar-refractivity contribution in [1.82, 2.24) is 15.5 Å². The lowest BCUT2D eigenvalue weighted by Crippen LogP contribution is -2.55. The molecule has 1 fully saturated rings. The molecule has 0 radical (unpaired) electrons. The predicted molar refractivity (Wildman–Crippen MR) is 143 cm³/mol. The average molecular weight is 509 g/mol. The molecule has 1 saturated heterocycles. The zero-order chi connectivity index (χ0) is 22.7. The maximum absolute atomic E-state index is 13.1. The van der Waals surface area contributed by atoms with Gasteiger partial charge in [0.2, 0.25) is 5.91 Å². The molecule has 2 aliphatic heterocycles. The Balaban J connectivity index is 0.00000204. The molecule has 0 aromatic heterocycles. The van der Waals surface area contributed by atoms with Crippen LogP contribution in [0.2, 0.25) is 0 Å². The summed E-state index contributed by atoms with van der Waals surface area (Å²) in [6.07, 6.45) is 2.85. The van der Waals surface area contributed by atoms with Gasteiger partial charge in [-0.25, -0.2) is 0 Å². The molecule has 2 unspecified atom stereocenters. The van der Waals surface area contributed by atoms with Gasteiger partial charge in [0, 0.05) is 19.1 Å². The topological polar surface area (TPSA) is 64.6 Å². The van der Waals surface area contributed by atoms with Crippen LogP contribution in [0.15, 0.2) is 48.5 Å². The summed E-state index contributed by atoms with van der Waals surface area (Å²) in [6.45, 7) is 10.3. The molecule has 1 amide bonds. The maximum Gasteiger partial charge on any atom is 0.237 e. The molecule has 0 aliphatic carbocycles. The van der Waals surface area contributed by atoms with E-state index in [1.807, 2.05) is 12.1 Å². The number of halogens is 2. The van der Waals surface area contributed by atoms with Gasteiger partial charge < -0.3 is 20.6 Å². The highest BCUT2D eigenvalue weighted by Crippen LogP contribution is 2.36. The van der Waals surface area contributed by atoms with Crippen molar-refractivity contribution >= 4 is 30.7 Å². The number of aromatic hydroxyl groups is 1. The van der Waals surface area contributed by atoms with E-state index < -0.39 is 0 Å². The van der Waals surface area contributed by atoms with E-state index in [9.17, 15) is 9.90 Å². The number of fused-ring (bicyclic) bond motifs is 1. The summed E-state index contributed by atoms with van der Waals surface area (Å²) in [6, 6.07) is 16.0. The molecule has 0 saturated carbocycles. The lowest BCUT2D eigenvalue weighted by molar-refractivity contribution is -0.124. The fourth-order valence-corrected chi connectivity index (χ4v) is 5.02. The summed E-state index contributed by atoms with van der Waals surface area (Å²) in [4.78, 5) is 15.6. The monoisotopic (exact) mass is 507 g/mol. The molecule has 188 valence electrons. The van der Waals surface area contributed by atoms with Gasteiger partial charge in [-0.05, 0) is 72.5 Å². The number of hydrogen-bond donors (Lipinski definition) is 3. The van der Waals surface area contributed by atoms with E-state index >= 15 is 0 Å². The Morgan fingerprint density at radius 2 is 1.79 bits per heavy atom. The number of rotatable bonds is 6. The lowest BCUT2D eigenvalue weighted by atomic mass is 9.74. The van der Waals surface area contributed by atoms with E-state index in [2.05, 4.69) is 66.6 Å². The number of phenols is 1. The number of nitrogens with one attached hydrogen (secondary N) is 2. The number of amides is 1. The Bertz CT molecular complexity index is 945. The van der Waals surface area contributed by atoms with Crippen LogP contribution in [-0.2, 0) is 23.2 Å². The van der Waals surface area contributed by atoms with Crippen LogP contribution in [0.4, 0.5) is 0 Å². The highest BCUT2D eigenvalue weighted by atomic mass is 35.5. The summed E-state index contributed by atoms with van der Waals surface area (Å²) in [5.41, 5.74) is 3.87. The third-order valence-corrected chi connectivity index (χ3v) is 7.49. The van der Waals surface area contributed by atoms with Crippen molar-refractivity contribution in [2.45, 2.75) is 64.1 Å². The highest BCUT2D eigenvalue weighted by molar-refractivity contribution is 5.85. The number of benzene rings is 2. The van der Waals surface area contributed by atoms with E-state index in [1.54, 1.807) is 6.07 Å². The van der Waals surface area contributed by atoms with Crippen LogP contribution < -0.4 is 10.6 Å². The van der Waals surface area contributed by atoms with E-state index in [1.165, 1.54) is 16.7 Å². The first kappa shape index (κ1) is 28.4. The number of hydrogen-bond acceptors (Lipinski definition) is 4. The van der Waals surface area contributed by atoms with Crippen molar-refractivity contribution in [3.63, 3.8) is 0 Å². The summed E-state index contributed by atoms with van der Waals surface area (Å²) in [5.74, 6) is 0.821. The normalized spacial score (nSPS) is 20.4. The molecule has 5 nitrogen and oxygen atoms in total. The van der Waals surface area contributed by atoms with Crippen molar-refractivity contribution in [3.05, 3.63) is 65.2 Å². The third-order valence-electron chi connectivity index (χ3n) is 7.49. The molecular formula is C27H39Cl2N3O2. The number of carbonyl (C=O) groups excluding carboxylic acids is 1. The Kier molecular flexibility index (Phi) is 10.3. The van der Waals surface area contributed by atoms with Gasteiger partial charge in [-0.1, -0.05) is 57.2 Å². The van der Waals surface area contributed by atoms with Crippen LogP contribution in [0.5, 0.6) is 5.75 Å². The summed E-state index contributed by atoms with van der Waals surface area (Å²) < 4.78 is 0. The smallest absolute Gasteiger partial charge is 0.237 e. The molecule has 4 rings (SSSR count). The largest absolute Gasteiger partial charge is 0.508 e. The van der Waals surface area contributed by atoms with Crippen molar-refractivity contribution in [1.29, 1.82) is 0 Å². The van der Waals surface area contributed by atoms with Crippen molar-refractivity contribution in [2.75, 3.05) is 19.6 Å². The molecule has 2 aliphatic rings. The first-order valence-corrected chi connectivity index (χ1v) is 12.0. The van der Waals surface area contributed by atoms with Gasteiger partial charge in [-0.15, -0.1) is 24.8 Å². The predicted octanol–water partition coefficient (Wildman–Crippen LogP) is 4.44. The van der Waals surface area contributed by atoms with Gasteiger partial charge in [0.1, 0.15) is 5.75 Å². The summed E-state index contributed by atoms with van der Waals surface area (Å²) in [7, 11) is 0. The maximum atomic E-state index is 13.1. The van der Waals surface area contributed by atoms with E-state index in [4.69, 9.17) is 0 Å². The molecular weight excluding hydrogens is 469 g/mol. The zero-order valence-corrected chi connectivity index (χ0v) is 22.1. The average Bonchev–Trinajstić information content (AvgIpc) is 2.79. The molecule has 2 heterocycles. The van der Waals surface area contributed by atoms with Crippen molar-refractivity contribution in [2.24, 2.45) is 5.92 Å². The van der Waals surface area contributed by atoms with Gasteiger partial charge in [-0.2, -0.15) is 0 Å². The fourth-order valence-electron chi connectivity index (χ4n) is 5.02. The molecule has 7 heteroatoms. The molecule has 2 aromatic carbocycles. The highest BCUT2D eigenvalue weighted by Gasteiger charge is 2.34. The first-order chi connectivity index (χ1) is 15.3. The second-order valence-corrected chi connectivity index (χ2v) is 10.2. The SMILES string of the molecule is CC(C)C(CN1CCC(C)(c2cccc(O)c2)CC1)NC(=O)C1Cc2ccccc2CN1.Cl.Cl. The van der Waals surface area contributed by atoms with E-state index in [-0.39, 0.29) is 48.2 Å². The van der Waals surface area contributed by atoms with Crippen LogP contribution in [0.25, 0.3) is 0 Å². The van der Waals surface area contributed by atoms with Crippen molar-refractivity contribution in [3.8, 4) is 5.75 Å². The van der Waals surface area contributed by atoms with E-state index in [0.29, 0.717) is 11.7 Å². The van der Waals surface area contributed by atoms with Gasteiger partial charge >= 0.3 is 0 Å². The molecule has 2 atom stereocenters. The van der Waals surface area contributed by atoms with Crippen molar-refractivity contribution < 1.29 is 9.90 Å².